The summed E-state index contributed by atoms with van der Waals surface area (Å²) in [5.74, 6) is 0.795. The Morgan fingerprint density at radius 1 is 1.44 bits per heavy atom. The first-order chi connectivity index (χ1) is 4.21. The smallest absolute Gasteiger partial charge is 0.00979 e. The van der Waals surface area contributed by atoms with E-state index >= 15 is 0 Å². The maximum atomic E-state index is 3.88. The van der Waals surface area contributed by atoms with Gasteiger partial charge in [-0.25, -0.2) is 0 Å². The van der Waals surface area contributed by atoms with Crippen LogP contribution in [0, 0.1) is 11.3 Å². The van der Waals surface area contributed by atoms with Crippen molar-refractivity contribution in [2.24, 2.45) is 11.3 Å². The highest BCUT2D eigenvalue weighted by Crippen LogP contribution is 2.47. The summed E-state index contributed by atoms with van der Waals surface area (Å²) in [6.45, 7) is 8.46. The summed E-state index contributed by atoms with van der Waals surface area (Å²) < 4.78 is 0. The van der Waals surface area contributed by atoms with Crippen molar-refractivity contribution in [2.75, 3.05) is 0 Å². The van der Waals surface area contributed by atoms with Crippen molar-refractivity contribution < 1.29 is 0 Å². The zero-order valence-corrected chi connectivity index (χ0v) is 6.48. The molecule has 0 nitrogen and oxygen atoms in total. The summed E-state index contributed by atoms with van der Waals surface area (Å²) in [7, 11) is 0. The third kappa shape index (κ3) is 0.910. The fraction of sp³-hybridized carbons (Fsp3) is 0.778. The van der Waals surface area contributed by atoms with Gasteiger partial charge in [-0.2, -0.15) is 0 Å². The average molecular weight is 124 g/mol. The molecule has 0 aliphatic heterocycles. The lowest BCUT2D eigenvalue weighted by Crippen LogP contribution is -2.32. The Bertz CT molecular complexity index is 107. The minimum absolute atomic E-state index is 0.528. The van der Waals surface area contributed by atoms with Crippen molar-refractivity contribution >= 4 is 0 Å². The van der Waals surface area contributed by atoms with Crippen molar-refractivity contribution in [3.8, 4) is 0 Å². The molecule has 0 aromatic carbocycles. The Balaban J connectivity index is 2.56. The van der Waals surface area contributed by atoms with Crippen LogP contribution < -0.4 is 0 Å². The number of allylic oxidation sites excluding steroid dienone is 1. The fourth-order valence-corrected chi connectivity index (χ4v) is 1.60. The molecule has 0 aromatic rings. The van der Waals surface area contributed by atoms with Gasteiger partial charge in [0.15, 0.2) is 0 Å². The van der Waals surface area contributed by atoms with Crippen LogP contribution in [0.5, 0.6) is 0 Å². The molecule has 1 aliphatic carbocycles. The largest absolute Gasteiger partial charge is 0.103 e. The molecule has 0 N–H and O–H groups in total. The Labute approximate surface area is 58.0 Å². The number of rotatable bonds is 2. The van der Waals surface area contributed by atoms with Crippen LogP contribution in [-0.4, -0.2) is 0 Å². The summed E-state index contributed by atoms with van der Waals surface area (Å²) in [5.41, 5.74) is 0.528. The molecule has 0 saturated heterocycles. The second-order valence-corrected chi connectivity index (χ2v) is 3.45. The highest BCUT2D eigenvalue weighted by Gasteiger charge is 2.36. The van der Waals surface area contributed by atoms with Gasteiger partial charge in [0.1, 0.15) is 0 Å². The first-order valence-corrected chi connectivity index (χ1v) is 3.85. The maximum absolute atomic E-state index is 3.88. The normalized spacial score (nSPS) is 23.4. The summed E-state index contributed by atoms with van der Waals surface area (Å²) in [5, 5.41) is 0. The summed E-state index contributed by atoms with van der Waals surface area (Å²) in [6.07, 6.45) is 6.30. The third-order valence-corrected chi connectivity index (χ3v) is 2.84. The lowest BCUT2D eigenvalue weighted by atomic mass is 9.62. The molecule has 52 valence electrons. The van der Waals surface area contributed by atoms with Crippen LogP contribution in [0.2, 0.25) is 0 Å². The lowest BCUT2D eigenvalue weighted by molar-refractivity contribution is 0.132. The maximum Gasteiger partial charge on any atom is -0.00979 e. The molecule has 1 rings (SSSR count). The molecule has 0 heteroatoms. The quantitative estimate of drug-likeness (QED) is 0.496. The van der Waals surface area contributed by atoms with Gasteiger partial charge in [-0.05, 0) is 24.2 Å². The SMILES string of the molecule is C=CC1(C(C)C)CCC1. The molecular weight excluding hydrogens is 108 g/mol. The van der Waals surface area contributed by atoms with Gasteiger partial charge in [-0.15, -0.1) is 6.58 Å². The molecule has 9 heavy (non-hydrogen) atoms. The minimum atomic E-state index is 0.528. The van der Waals surface area contributed by atoms with E-state index in [4.69, 9.17) is 0 Å². The Kier molecular flexibility index (Phi) is 1.65. The average Bonchev–Trinajstić information content (AvgIpc) is 1.62. The summed E-state index contributed by atoms with van der Waals surface area (Å²) in [6, 6.07) is 0. The van der Waals surface area contributed by atoms with Gasteiger partial charge in [-0.1, -0.05) is 26.3 Å². The van der Waals surface area contributed by atoms with Gasteiger partial charge in [0, 0.05) is 0 Å². The van der Waals surface area contributed by atoms with E-state index in [2.05, 4.69) is 26.5 Å². The van der Waals surface area contributed by atoms with Gasteiger partial charge < -0.3 is 0 Å². The Hall–Kier alpha value is -0.260. The van der Waals surface area contributed by atoms with Crippen LogP contribution in [0.3, 0.4) is 0 Å². The molecule has 0 spiro atoms. The van der Waals surface area contributed by atoms with Gasteiger partial charge in [0.25, 0.3) is 0 Å². The van der Waals surface area contributed by atoms with E-state index < -0.39 is 0 Å². The van der Waals surface area contributed by atoms with Crippen LogP contribution in [-0.2, 0) is 0 Å². The van der Waals surface area contributed by atoms with Crippen LogP contribution in [0.4, 0.5) is 0 Å². The predicted molar refractivity (Wildman–Crippen MR) is 41.3 cm³/mol. The monoisotopic (exact) mass is 124 g/mol. The fourth-order valence-electron chi connectivity index (χ4n) is 1.60. The van der Waals surface area contributed by atoms with Crippen molar-refractivity contribution in [2.45, 2.75) is 33.1 Å². The molecule has 0 bridgehead atoms. The third-order valence-electron chi connectivity index (χ3n) is 2.84. The zero-order valence-electron chi connectivity index (χ0n) is 6.48. The highest BCUT2D eigenvalue weighted by atomic mass is 14.4. The van der Waals surface area contributed by atoms with Crippen LogP contribution >= 0.6 is 0 Å². The van der Waals surface area contributed by atoms with E-state index in [0.717, 1.165) is 5.92 Å². The Morgan fingerprint density at radius 3 is 2.00 bits per heavy atom. The highest BCUT2D eigenvalue weighted by molar-refractivity contribution is 5.02. The number of hydrogen-bond acceptors (Lipinski definition) is 0. The molecule has 0 aromatic heterocycles. The minimum Gasteiger partial charge on any atom is -0.103 e. The van der Waals surface area contributed by atoms with Crippen molar-refractivity contribution in [1.82, 2.24) is 0 Å². The van der Waals surface area contributed by atoms with Gasteiger partial charge in [0.05, 0.1) is 0 Å². The van der Waals surface area contributed by atoms with Crippen molar-refractivity contribution in [3.05, 3.63) is 12.7 Å². The topological polar surface area (TPSA) is 0 Å². The second kappa shape index (κ2) is 2.17. The Morgan fingerprint density at radius 2 is 2.00 bits per heavy atom. The molecular formula is C9H16. The van der Waals surface area contributed by atoms with Crippen LogP contribution in [0.25, 0.3) is 0 Å². The van der Waals surface area contributed by atoms with E-state index in [9.17, 15) is 0 Å². The molecule has 0 heterocycles. The summed E-state index contributed by atoms with van der Waals surface area (Å²) >= 11 is 0. The molecule has 0 radical (unpaired) electrons. The van der Waals surface area contributed by atoms with Gasteiger partial charge in [0.2, 0.25) is 0 Å². The second-order valence-electron chi connectivity index (χ2n) is 3.45. The van der Waals surface area contributed by atoms with E-state index in [0.29, 0.717) is 5.41 Å². The molecule has 1 saturated carbocycles. The van der Waals surface area contributed by atoms with Crippen LogP contribution in [0.1, 0.15) is 33.1 Å². The predicted octanol–water partition coefficient (Wildman–Crippen LogP) is 3.00. The van der Waals surface area contributed by atoms with Crippen LogP contribution in [0.15, 0.2) is 12.7 Å². The first kappa shape index (κ1) is 6.85. The lowest BCUT2D eigenvalue weighted by Gasteiger charge is -2.43. The molecule has 1 aliphatic rings. The van der Waals surface area contributed by atoms with E-state index in [1.807, 2.05) is 0 Å². The molecule has 0 amide bonds. The van der Waals surface area contributed by atoms with Gasteiger partial charge >= 0.3 is 0 Å². The van der Waals surface area contributed by atoms with E-state index in [1.165, 1.54) is 19.3 Å². The number of hydrogen-bond donors (Lipinski definition) is 0. The molecule has 0 atom stereocenters. The van der Waals surface area contributed by atoms with Crippen molar-refractivity contribution in [1.29, 1.82) is 0 Å². The van der Waals surface area contributed by atoms with E-state index in [1.54, 1.807) is 0 Å². The zero-order chi connectivity index (χ0) is 6.91. The molecule has 0 unspecified atom stereocenters. The van der Waals surface area contributed by atoms with E-state index in [-0.39, 0.29) is 0 Å². The molecule has 1 fully saturated rings. The summed E-state index contributed by atoms with van der Waals surface area (Å²) in [4.78, 5) is 0. The van der Waals surface area contributed by atoms with Crippen molar-refractivity contribution in [3.63, 3.8) is 0 Å². The standard InChI is InChI=1S/C9H16/c1-4-9(8(2)3)6-5-7-9/h4,8H,1,5-7H2,2-3H3. The van der Waals surface area contributed by atoms with Gasteiger partial charge in [-0.3, -0.25) is 0 Å². The first-order valence-electron chi connectivity index (χ1n) is 3.85.